The minimum absolute atomic E-state index is 0.292. The highest BCUT2D eigenvalue weighted by Crippen LogP contribution is 2.42. The Morgan fingerprint density at radius 1 is 1.39 bits per heavy atom. The average molecular weight is 315 g/mol. The third kappa shape index (κ3) is 2.86. The van der Waals surface area contributed by atoms with Crippen molar-refractivity contribution in [3.8, 4) is 5.75 Å². The predicted molar refractivity (Wildman–Crippen MR) is 70.2 cm³/mol. The fourth-order valence-electron chi connectivity index (χ4n) is 2.07. The van der Waals surface area contributed by atoms with Gasteiger partial charge in [-0.3, -0.25) is 0 Å². The third-order valence-electron chi connectivity index (χ3n) is 3.59. The van der Waals surface area contributed by atoms with Gasteiger partial charge < -0.3 is 9.84 Å². The van der Waals surface area contributed by atoms with E-state index >= 15 is 0 Å². The first-order valence-electron chi connectivity index (χ1n) is 6.39. The average Bonchev–Trinajstić information content (AvgIpc) is 3.16. The van der Waals surface area contributed by atoms with Crippen molar-refractivity contribution in [3.05, 3.63) is 28.0 Å². The van der Waals surface area contributed by atoms with E-state index in [-0.39, 0.29) is 5.82 Å². The number of rotatable bonds is 5. The summed E-state index contributed by atoms with van der Waals surface area (Å²) in [6, 6.07) is 2.89. The summed E-state index contributed by atoms with van der Waals surface area (Å²) in [5.41, 5.74) is 0.132. The summed E-state index contributed by atoms with van der Waals surface area (Å²) in [5, 5.41) is 9.98. The highest BCUT2D eigenvalue weighted by molar-refractivity contribution is 9.10. The van der Waals surface area contributed by atoms with Crippen LogP contribution in [0.1, 0.15) is 31.2 Å². The molecule has 0 heterocycles. The van der Waals surface area contributed by atoms with Gasteiger partial charge in [-0.15, -0.1) is 0 Å². The third-order valence-corrected chi connectivity index (χ3v) is 4.18. The molecule has 98 valence electrons. The van der Waals surface area contributed by atoms with Gasteiger partial charge in [0.25, 0.3) is 0 Å². The summed E-state index contributed by atoms with van der Waals surface area (Å²) in [7, 11) is 0. The van der Waals surface area contributed by atoms with E-state index in [0.29, 0.717) is 29.2 Å². The van der Waals surface area contributed by atoms with Crippen LogP contribution in [-0.4, -0.2) is 17.3 Å². The second-order valence-electron chi connectivity index (χ2n) is 5.53. The van der Waals surface area contributed by atoms with Crippen molar-refractivity contribution in [2.45, 2.75) is 37.7 Å². The van der Waals surface area contributed by atoms with E-state index in [1.165, 1.54) is 25.0 Å². The Labute approximate surface area is 114 Å². The molecule has 0 aliphatic heterocycles. The van der Waals surface area contributed by atoms with E-state index in [4.69, 9.17) is 4.74 Å². The summed E-state index contributed by atoms with van der Waals surface area (Å²) >= 11 is 3.35. The number of benzene rings is 1. The zero-order valence-electron chi connectivity index (χ0n) is 10.1. The monoisotopic (exact) mass is 314 g/mol. The maximum Gasteiger partial charge on any atom is 0.136 e. The summed E-state index contributed by atoms with van der Waals surface area (Å²) in [4.78, 5) is 0. The van der Waals surface area contributed by atoms with Gasteiger partial charge in [-0.25, -0.2) is 4.39 Å². The van der Waals surface area contributed by atoms with Crippen molar-refractivity contribution in [1.29, 1.82) is 0 Å². The molecule has 2 nitrogen and oxygen atoms in total. The molecule has 0 radical (unpaired) electrons. The van der Waals surface area contributed by atoms with Crippen LogP contribution in [0, 0.1) is 11.7 Å². The van der Waals surface area contributed by atoms with Crippen LogP contribution >= 0.6 is 15.9 Å². The van der Waals surface area contributed by atoms with Crippen LogP contribution in [0.4, 0.5) is 4.39 Å². The van der Waals surface area contributed by atoms with Crippen LogP contribution in [0.25, 0.3) is 0 Å². The summed E-state index contributed by atoms with van der Waals surface area (Å²) in [5.74, 6) is 1.06. The standard InChI is InChI=1S/C14H16BrFO2/c15-12-6-11(16)5-10(7-14(17)3-4-14)13(12)18-8-9-1-2-9/h5-6,9,17H,1-4,7-8H2. The topological polar surface area (TPSA) is 29.5 Å². The van der Waals surface area contributed by atoms with E-state index in [0.717, 1.165) is 18.4 Å². The Morgan fingerprint density at radius 2 is 2.11 bits per heavy atom. The van der Waals surface area contributed by atoms with Crippen molar-refractivity contribution in [3.63, 3.8) is 0 Å². The molecule has 0 atom stereocenters. The van der Waals surface area contributed by atoms with Gasteiger partial charge in [0.1, 0.15) is 11.6 Å². The molecule has 0 spiro atoms. The highest BCUT2D eigenvalue weighted by Gasteiger charge is 2.41. The lowest BCUT2D eigenvalue weighted by molar-refractivity contribution is 0.149. The number of hydrogen-bond donors (Lipinski definition) is 1. The van der Waals surface area contributed by atoms with Gasteiger partial charge in [0.2, 0.25) is 0 Å². The van der Waals surface area contributed by atoms with E-state index in [9.17, 15) is 9.50 Å². The Balaban J connectivity index is 1.82. The smallest absolute Gasteiger partial charge is 0.136 e. The van der Waals surface area contributed by atoms with Crippen molar-refractivity contribution in [1.82, 2.24) is 0 Å². The van der Waals surface area contributed by atoms with Crippen molar-refractivity contribution in [2.75, 3.05) is 6.61 Å². The Hall–Kier alpha value is -0.610. The van der Waals surface area contributed by atoms with Gasteiger partial charge in [-0.05, 0) is 59.7 Å². The minimum Gasteiger partial charge on any atom is -0.492 e. The number of halogens is 2. The SMILES string of the molecule is OC1(Cc2cc(F)cc(Br)c2OCC2CC2)CC1. The van der Waals surface area contributed by atoms with Crippen molar-refractivity contribution in [2.24, 2.45) is 5.92 Å². The van der Waals surface area contributed by atoms with Crippen molar-refractivity contribution >= 4 is 15.9 Å². The molecule has 3 rings (SSSR count). The highest BCUT2D eigenvalue weighted by atomic mass is 79.9. The van der Waals surface area contributed by atoms with Crippen LogP contribution in [0.2, 0.25) is 0 Å². The first kappa shape index (κ1) is 12.4. The van der Waals surface area contributed by atoms with Gasteiger partial charge in [-0.1, -0.05) is 0 Å². The van der Waals surface area contributed by atoms with Crippen molar-refractivity contribution < 1.29 is 14.2 Å². The normalized spacial score (nSPS) is 20.8. The molecule has 1 aromatic carbocycles. The molecule has 0 unspecified atom stereocenters. The summed E-state index contributed by atoms with van der Waals surface area (Å²) in [6.45, 7) is 0.690. The lowest BCUT2D eigenvalue weighted by Gasteiger charge is -2.15. The van der Waals surface area contributed by atoms with Crippen LogP contribution in [-0.2, 0) is 6.42 Å². The molecular weight excluding hydrogens is 299 g/mol. The largest absolute Gasteiger partial charge is 0.492 e. The molecule has 0 bridgehead atoms. The molecule has 0 saturated heterocycles. The second-order valence-corrected chi connectivity index (χ2v) is 6.39. The van der Waals surface area contributed by atoms with Gasteiger partial charge >= 0.3 is 0 Å². The zero-order valence-corrected chi connectivity index (χ0v) is 11.7. The fraction of sp³-hybridized carbons (Fsp3) is 0.571. The van der Waals surface area contributed by atoms with Crippen LogP contribution in [0.15, 0.2) is 16.6 Å². The van der Waals surface area contributed by atoms with E-state index in [2.05, 4.69) is 15.9 Å². The number of ether oxygens (including phenoxy) is 1. The zero-order chi connectivity index (χ0) is 12.8. The van der Waals surface area contributed by atoms with E-state index in [1.807, 2.05) is 0 Å². The van der Waals surface area contributed by atoms with Gasteiger partial charge in [0.15, 0.2) is 0 Å². The molecule has 2 aliphatic carbocycles. The maximum absolute atomic E-state index is 13.4. The molecule has 2 fully saturated rings. The molecule has 0 aromatic heterocycles. The quantitative estimate of drug-likeness (QED) is 0.902. The molecule has 2 aliphatic rings. The van der Waals surface area contributed by atoms with E-state index < -0.39 is 5.60 Å². The van der Waals surface area contributed by atoms with Crippen LogP contribution in [0.5, 0.6) is 5.75 Å². The lowest BCUT2D eigenvalue weighted by Crippen LogP contribution is -2.13. The second kappa shape index (κ2) is 4.49. The molecule has 1 aromatic rings. The minimum atomic E-state index is -0.634. The Bertz CT molecular complexity index is 467. The summed E-state index contributed by atoms with van der Waals surface area (Å²) in [6.07, 6.45) is 4.51. The molecule has 1 N–H and O–H groups in total. The molecule has 0 amide bonds. The van der Waals surface area contributed by atoms with Gasteiger partial charge in [0, 0.05) is 12.0 Å². The molecule has 4 heteroatoms. The molecule has 2 saturated carbocycles. The first-order chi connectivity index (χ1) is 8.56. The number of hydrogen-bond acceptors (Lipinski definition) is 2. The number of aliphatic hydroxyl groups is 1. The fourth-order valence-corrected chi connectivity index (χ4v) is 2.66. The van der Waals surface area contributed by atoms with E-state index in [1.54, 1.807) is 0 Å². The summed E-state index contributed by atoms with van der Waals surface area (Å²) < 4.78 is 19.9. The maximum atomic E-state index is 13.4. The lowest BCUT2D eigenvalue weighted by atomic mass is 10.1. The first-order valence-corrected chi connectivity index (χ1v) is 7.18. The van der Waals surface area contributed by atoms with Crippen LogP contribution in [0.3, 0.4) is 0 Å². The molecule has 18 heavy (non-hydrogen) atoms. The van der Waals surface area contributed by atoms with Gasteiger partial charge in [0.05, 0.1) is 16.7 Å². The predicted octanol–water partition coefficient (Wildman–Crippen LogP) is 3.44. The Kier molecular flexibility index (Phi) is 3.10. The van der Waals surface area contributed by atoms with Crippen LogP contribution < -0.4 is 4.74 Å². The molecular formula is C14H16BrFO2. The van der Waals surface area contributed by atoms with Gasteiger partial charge in [-0.2, -0.15) is 0 Å². The Morgan fingerprint density at radius 3 is 2.72 bits per heavy atom.